The topological polar surface area (TPSA) is 86.7 Å². The first-order chi connectivity index (χ1) is 10.4. The van der Waals surface area contributed by atoms with Crippen molar-refractivity contribution >= 4 is 27.6 Å². The molecule has 1 heterocycles. The van der Waals surface area contributed by atoms with E-state index in [0.717, 1.165) is 19.3 Å². The van der Waals surface area contributed by atoms with Gasteiger partial charge in [0.15, 0.2) is 0 Å². The smallest absolute Gasteiger partial charge is 0.317 e. The van der Waals surface area contributed by atoms with Gasteiger partial charge in [0.2, 0.25) is 10.0 Å². The molecule has 1 aromatic rings. The van der Waals surface area contributed by atoms with Crippen LogP contribution < -0.4 is 5.32 Å². The van der Waals surface area contributed by atoms with Gasteiger partial charge < -0.3 is 10.4 Å². The molecule has 0 spiro atoms. The van der Waals surface area contributed by atoms with Crippen molar-refractivity contribution < 1.29 is 18.3 Å². The number of carbonyl (C=O) groups is 1. The van der Waals surface area contributed by atoms with Crippen molar-refractivity contribution in [2.24, 2.45) is 0 Å². The average Bonchev–Trinajstić information content (AvgIpc) is 2.49. The molecule has 1 aromatic carbocycles. The van der Waals surface area contributed by atoms with E-state index in [-0.39, 0.29) is 18.0 Å². The van der Waals surface area contributed by atoms with Gasteiger partial charge in [-0.2, -0.15) is 4.31 Å². The van der Waals surface area contributed by atoms with Crippen molar-refractivity contribution in [1.29, 1.82) is 0 Å². The van der Waals surface area contributed by atoms with E-state index in [9.17, 15) is 13.2 Å². The summed E-state index contributed by atoms with van der Waals surface area (Å²) in [6.45, 7) is 1.07. The van der Waals surface area contributed by atoms with Gasteiger partial charge in [-0.05, 0) is 36.6 Å². The third-order valence-electron chi connectivity index (χ3n) is 3.56. The van der Waals surface area contributed by atoms with Gasteiger partial charge in [-0.1, -0.05) is 18.0 Å². The first kappa shape index (κ1) is 17.2. The maximum absolute atomic E-state index is 12.6. The zero-order chi connectivity index (χ0) is 16.2. The first-order valence-corrected chi connectivity index (χ1v) is 8.94. The fourth-order valence-electron chi connectivity index (χ4n) is 2.41. The Morgan fingerprint density at radius 1 is 1.27 bits per heavy atom. The zero-order valence-corrected chi connectivity index (χ0v) is 13.7. The minimum Gasteiger partial charge on any atom is -0.480 e. The average molecular weight is 347 g/mol. The number of rotatable bonds is 6. The Morgan fingerprint density at radius 2 is 1.95 bits per heavy atom. The second-order valence-corrected chi connectivity index (χ2v) is 7.56. The lowest BCUT2D eigenvalue weighted by Gasteiger charge is -2.26. The molecule has 8 heteroatoms. The van der Waals surface area contributed by atoms with E-state index in [1.807, 2.05) is 0 Å². The number of halogens is 1. The number of aliphatic carboxylic acids is 1. The van der Waals surface area contributed by atoms with Crippen LogP contribution in [0.15, 0.2) is 23.1 Å². The van der Waals surface area contributed by atoms with Crippen LogP contribution in [-0.2, 0) is 21.4 Å². The maximum atomic E-state index is 12.6. The van der Waals surface area contributed by atoms with Crippen LogP contribution >= 0.6 is 11.6 Å². The Kier molecular flexibility index (Phi) is 5.80. The molecular formula is C14H19ClN2O4S. The predicted molar refractivity (Wildman–Crippen MR) is 83.4 cm³/mol. The van der Waals surface area contributed by atoms with Crippen LogP contribution in [0.3, 0.4) is 0 Å². The van der Waals surface area contributed by atoms with Crippen LogP contribution in [0.5, 0.6) is 0 Å². The van der Waals surface area contributed by atoms with Crippen molar-refractivity contribution in [2.75, 3.05) is 19.6 Å². The second kappa shape index (κ2) is 7.41. The Hall–Kier alpha value is -1.15. The van der Waals surface area contributed by atoms with Gasteiger partial charge in [-0.15, -0.1) is 0 Å². The number of carboxylic acids is 1. The highest BCUT2D eigenvalue weighted by molar-refractivity contribution is 7.89. The largest absolute Gasteiger partial charge is 0.480 e. The molecule has 0 radical (unpaired) electrons. The van der Waals surface area contributed by atoms with Crippen molar-refractivity contribution in [3.63, 3.8) is 0 Å². The molecule has 6 nitrogen and oxygen atoms in total. The molecule has 0 unspecified atom stereocenters. The van der Waals surface area contributed by atoms with E-state index < -0.39 is 16.0 Å². The second-order valence-electron chi connectivity index (χ2n) is 5.22. The number of nitrogens with one attached hydrogen (secondary N) is 1. The highest BCUT2D eigenvalue weighted by atomic mass is 35.5. The number of hydrogen-bond acceptors (Lipinski definition) is 4. The van der Waals surface area contributed by atoms with Crippen LogP contribution in [0.4, 0.5) is 0 Å². The fourth-order valence-corrected chi connectivity index (χ4v) is 4.16. The van der Waals surface area contributed by atoms with E-state index >= 15 is 0 Å². The van der Waals surface area contributed by atoms with Crippen molar-refractivity contribution in [3.05, 3.63) is 28.8 Å². The Morgan fingerprint density at radius 3 is 2.59 bits per heavy atom. The van der Waals surface area contributed by atoms with Gasteiger partial charge >= 0.3 is 5.97 Å². The summed E-state index contributed by atoms with van der Waals surface area (Å²) >= 11 is 6.05. The molecule has 22 heavy (non-hydrogen) atoms. The molecular weight excluding hydrogens is 328 g/mol. The van der Waals surface area contributed by atoms with Gasteiger partial charge in [-0.3, -0.25) is 4.79 Å². The summed E-state index contributed by atoms with van der Waals surface area (Å²) in [5.41, 5.74) is 0.570. The Balaban J connectivity index is 2.18. The van der Waals surface area contributed by atoms with Gasteiger partial charge in [0.1, 0.15) is 0 Å². The first-order valence-electron chi connectivity index (χ1n) is 7.12. The molecule has 1 fully saturated rings. The maximum Gasteiger partial charge on any atom is 0.317 e. The number of benzene rings is 1. The van der Waals surface area contributed by atoms with Crippen LogP contribution in [0.1, 0.15) is 24.8 Å². The summed E-state index contributed by atoms with van der Waals surface area (Å²) in [6.07, 6.45) is 2.80. The molecule has 0 bridgehead atoms. The standard InChI is InChI=1S/C14H19ClN2O4S/c15-13-5-4-12(8-11(13)9-16-10-14(18)19)22(20,21)17-6-2-1-3-7-17/h4-5,8,16H,1-3,6-7,9-10H2,(H,18,19). The lowest BCUT2D eigenvalue weighted by Crippen LogP contribution is -2.35. The predicted octanol–water partition coefficient (Wildman–Crippen LogP) is 1.69. The number of hydrogen-bond donors (Lipinski definition) is 2. The van der Waals surface area contributed by atoms with Crippen LogP contribution in [0, 0.1) is 0 Å². The van der Waals surface area contributed by atoms with Gasteiger partial charge in [0, 0.05) is 24.7 Å². The van der Waals surface area contributed by atoms with E-state index in [4.69, 9.17) is 16.7 Å². The van der Waals surface area contributed by atoms with Crippen LogP contribution in [-0.4, -0.2) is 43.4 Å². The molecule has 1 saturated heterocycles. The number of carboxylic acid groups (broad SMARTS) is 1. The third-order valence-corrected chi connectivity index (χ3v) is 5.83. The molecule has 0 aliphatic carbocycles. The molecule has 2 rings (SSSR count). The Bertz CT molecular complexity index is 642. The summed E-state index contributed by atoms with van der Waals surface area (Å²) in [4.78, 5) is 10.7. The highest BCUT2D eigenvalue weighted by Gasteiger charge is 2.26. The van der Waals surface area contributed by atoms with E-state index in [0.29, 0.717) is 23.7 Å². The molecule has 122 valence electrons. The zero-order valence-electron chi connectivity index (χ0n) is 12.1. The molecule has 2 N–H and O–H groups in total. The minimum atomic E-state index is -3.51. The van der Waals surface area contributed by atoms with Crippen molar-refractivity contribution in [1.82, 2.24) is 9.62 Å². The monoisotopic (exact) mass is 346 g/mol. The fraction of sp³-hybridized carbons (Fsp3) is 0.500. The summed E-state index contributed by atoms with van der Waals surface area (Å²) in [5.74, 6) is -0.979. The molecule has 0 amide bonds. The lowest BCUT2D eigenvalue weighted by molar-refractivity contribution is -0.136. The van der Waals surface area contributed by atoms with E-state index in [1.54, 1.807) is 0 Å². The summed E-state index contributed by atoms with van der Waals surface area (Å²) in [6, 6.07) is 4.55. The van der Waals surface area contributed by atoms with Gasteiger partial charge in [0.25, 0.3) is 0 Å². The molecule has 1 aliphatic rings. The molecule has 0 saturated carbocycles. The van der Waals surface area contributed by atoms with Gasteiger partial charge in [0.05, 0.1) is 11.4 Å². The van der Waals surface area contributed by atoms with Crippen LogP contribution in [0.25, 0.3) is 0 Å². The Labute approximate surface area is 135 Å². The minimum absolute atomic E-state index is 0.200. The molecule has 0 atom stereocenters. The highest BCUT2D eigenvalue weighted by Crippen LogP contribution is 2.25. The molecule has 1 aliphatic heterocycles. The summed E-state index contributed by atoms with van der Waals surface area (Å²) in [7, 11) is -3.51. The van der Waals surface area contributed by atoms with Crippen molar-refractivity contribution in [2.45, 2.75) is 30.7 Å². The summed E-state index contributed by atoms with van der Waals surface area (Å²) in [5, 5.41) is 11.7. The van der Waals surface area contributed by atoms with E-state index in [2.05, 4.69) is 5.32 Å². The third kappa shape index (κ3) is 4.19. The lowest BCUT2D eigenvalue weighted by atomic mass is 10.2. The van der Waals surface area contributed by atoms with Crippen LogP contribution in [0.2, 0.25) is 5.02 Å². The normalized spacial score (nSPS) is 16.6. The quantitative estimate of drug-likeness (QED) is 0.818. The SMILES string of the molecule is O=C(O)CNCc1cc(S(=O)(=O)N2CCCCC2)ccc1Cl. The van der Waals surface area contributed by atoms with Gasteiger partial charge in [-0.25, -0.2) is 8.42 Å². The van der Waals surface area contributed by atoms with Crippen molar-refractivity contribution in [3.8, 4) is 0 Å². The number of nitrogens with zero attached hydrogens (tertiary/aromatic N) is 1. The summed E-state index contributed by atoms with van der Waals surface area (Å²) < 4.78 is 26.7. The number of sulfonamides is 1. The molecule has 0 aromatic heterocycles. The van der Waals surface area contributed by atoms with E-state index in [1.165, 1.54) is 22.5 Å². The number of piperidine rings is 1.